The maximum atomic E-state index is 11.9. The van der Waals surface area contributed by atoms with Gasteiger partial charge in [-0.05, 0) is 24.1 Å². The lowest BCUT2D eigenvalue weighted by Crippen LogP contribution is -2.10. The van der Waals surface area contributed by atoms with Gasteiger partial charge < -0.3 is 9.47 Å². The van der Waals surface area contributed by atoms with Crippen molar-refractivity contribution in [3.63, 3.8) is 0 Å². The van der Waals surface area contributed by atoms with E-state index < -0.39 is 5.97 Å². The summed E-state index contributed by atoms with van der Waals surface area (Å²) in [5.74, 6) is -0.810. The third kappa shape index (κ3) is 4.70. The average Bonchev–Trinajstić information content (AvgIpc) is 2.54. The highest BCUT2D eigenvalue weighted by Crippen LogP contribution is 2.06. The van der Waals surface area contributed by atoms with Gasteiger partial charge in [-0.25, -0.2) is 9.78 Å². The van der Waals surface area contributed by atoms with Crippen molar-refractivity contribution in [2.75, 3.05) is 6.61 Å². The summed E-state index contributed by atoms with van der Waals surface area (Å²) in [6, 6.07) is 12.6. The maximum Gasteiger partial charge on any atom is 0.357 e. The first-order valence-electron chi connectivity index (χ1n) is 7.00. The molecule has 2 aromatic rings. The van der Waals surface area contributed by atoms with E-state index in [1.54, 1.807) is 19.1 Å². The van der Waals surface area contributed by atoms with E-state index in [9.17, 15) is 9.59 Å². The number of nitrogens with zero attached hydrogens (tertiary/aromatic N) is 1. The van der Waals surface area contributed by atoms with Crippen molar-refractivity contribution in [3.8, 4) is 0 Å². The summed E-state index contributed by atoms with van der Waals surface area (Å²) in [5.41, 5.74) is 1.82. The Bertz CT molecular complexity index is 623. The normalized spacial score (nSPS) is 10.0. The van der Waals surface area contributed by atoms with Crippen LogP contribution >= 0.6 is 0 Å². The summed E-state index contributed by atoms with van der Waals surface area (Å²) in [4.78, 5) is 27.2. The smallest absolute Gasteiger partial charge is 0.357 e. The van der Waals surface area contributed by atoms with Crippen LogP contribution in [-0.4, -0.2) is 23.5 Å². The van der Waals surface area contributed by atoms with Crippen LogP contribution in [0.15, 0.2) is 48.7 Å². The molecule has 1 heterocycles. The molecule has 22 heavy (non-hydrogen) atoms. The summed E-state index contributed by atoms with van der Waals surface area (Å²) in [5, 5.41) is 0. The molecule has 0 spiro atoms. The van der Waals surface area contributed by atoms with E-state index >= 15 is 0 Å². The third-order valence-electron chi connectivity index (χ3n) is 2.90. The Balaban J connectivity index is 1.89. The van der Waals surface area contributed by atoms with E-state index in [0.29, 0.717) is 12.2 Å². The van der Waals surface area contributed by atoms with Gasteiger partial charge in [0.05, 0.1) is 13.0 Å². The first-order chi connectivity index (χ1) is 10.7. The number of carbonyl (C=O) groups excluding carboxylic acids is 2. The topological polar surface area (TPSA) is 65.5 Å². The largest absolute Gasteiger partial charge is 0.466 e. The molecule has 0 amide bonds. The van der Waals surface area contributed by atoms with E-state index in [2.05, 4.69) is 4.98 Å². The van der Waals surface area contributed by atoms with E-state index in [1.807, 2.05) is 30.3 Å². The molecule has 0 unspecified atom stereocenters. The highest BCUT2D eigenvalue weighted by Gasteiger charge is 2.10. The second-order valence-corrected chi connectivity index (χ2v) is 4.60. The standard InChI is InChI=1S/C17H17NO4/c1-2-21-16(19)10-14-8-9-15(18-11-14)17(20)22-12-13-6-4-3-5-7-13/h3-9,11H,2,10,12H2,1H3. The zero-order chi connectivity index (χ0) is 15.8. The molecule has 0 radical (unpaired) electrons. The second-order valence-electron chi connectivity index (χ2n) is 4.60. The molecule has 0 atom stereocenters. The van der Waals surface area contributed by atoms with E-state index in [4.69, 9.17) is 9.47 Å². The molecule has 0 fully saturated rings. The van der Waals surface area contributed by atoms with Gasteiger partial charge in [0, 0.05) is 6.20 Å². The first kappa shape index (κ1) is 15.7. The van der Waals surface area contributed by atoms with Crippen molar-refractivity contribution < 1.29 is 19.1 Å². The molecule has 1 aromatic heterocycles. The Hall–Kier alpha value is -2.69. The molecule has 0 aliphatic heterocycles. The summed E-state index contributed by atoms with van der Waals surface area (Å²) >= 11 is 0. The lowest BCUT2D eigenvalue weighted by Gasteiger charge is -2.05. The number of esters is 2. The number of hydrogen-bond donors (Lipinski definition) is 0. The quantitative estimate of drug-likeness (QED) is 0.767. The Labute approximate surface area is 128 Å². The fraction of sp³-hybridized carbons (Fsp3) is 0.235. The minimum Gasteiger partial charge on any atom is -0.466 e. The second kappa shape index (κ2) is 7.93. The van der Waals surface area contributed by atoms with Crippen LogP contribution in [0, 0.1) is 0 Å². The molecule has 0 N–H and O–H groups in total. The Morgan fingerprint density at radius 3 is 2.41 bits per heavy atom. The third-order valence-corrected chi connectivity index (χ3v) is 2.90. The van der Waals surface area contributed by atoms with Crippen LogP contribution in [0.5, 0.6) is 0 Å². The zero-order valence-corrected chi connectivity index (χ0v) is 12.3. The van der Waals surface area contributed by atoms with E-state index in [-0.39, 0.29) is 24.7 Å². The van der Waals surface area contributed by atoms with Gasteiger partial charge in [0.2, 0.25) is 0 Å². The van der Waals surface area contributed by atoms with Gasteiger partial charge in [0.15, 0.2) is 0 Å². The van der Waals surface area contributed by atoms with Gasteiger partial charge in [-0.2, -0.15) is 0 Å². The molecule has 5 heteroatoms. The predicted molar refractivity (Wildman–Crippen MR) is 80.1 cm³/mol. The lowest BCUT2D eigenvalue weighted by atomic mass is 10.2. The molecule has 2 rings (SSSR count). The molecular weight excluding hydrogens is 282 g/mol. The summed E-state index contributed by atoms with van der Waals surface area (Å²) in [7, 11) is 0. The number of benzene rings is 1. The minimum absolute atomic E-state index is 0.139. The Kier molecular flexibility index (Phi) is 5.65. The van der Waals surface area contributed by atoms with Gasteiger partial charge in [-0.15, -0.1) is 0 Å². The van der Waals surface area contributed by atoms with Gasteiger partial charge in [-0.1, -0.05) is 36.4 Å². The number of ether oxygens (including phenoxy) is 2. The van der Waals surface area contributed by atoms with E-state index in [1.165, 1.54) is 6.20 Å². The number of rotatable bonds is 6. The van der Waals surface area contributed by atoms with Crippen molar-refractivity contribution >= 4 is 11.9 Å². The molecule has 0 saturated heterocycles. The number of hydrogen-bond acceptors (Lipinski definition) is 5. The minimum atomic E-state index is -0.494. The average molecular weight is 299 g/mol. The van der Waals surface area contributed by atoms with Crippen molar-refractivity contribution in [2.45, 2.75) is 20.0 Å². The SMILES string of the molecule is CCOC(=O)Cc1ccc(C(=O)OCc2ccccc2)nc1. The van der Waals surface area contributed by atoms with Crippen LogP contribution in [0.2, 0.25) is 0 Å². The number of aromatic nitrogens is 1. The van der Waals surface area contributed by atoms with Crippen LogP contribution in [-0.2, 0) is 27.3 Å². The lowest BCUT2D eigenvalue weighted by molar-refractivity contribution is -0.142. The maximum absolute atomic E-state index is 11.9. The molecule has 0 aliphatic carbocycles. The van der Waals surface area contributed by atoms with Crippen molar-refractivity contribution in [1.82, 2.24) is 4.98 Å². The summed E-state index contributed by atoms with van der Waals surface area (Å²) in [6.45, 7) is 2.30. The van der Waals surface area contributed by atoms with Crippen molar-refractivity contribution in [1.29, 1.82) is 0 Å². The van der Waals surface area contributed by atoms with Crippen LogP contribution in [0.3, 0.4) is 0 Å². The summed E-state index contributed by atoms with van der Waals surface area (Å²) in [6.07, 6.45) is 1.62. The van der Waals surface area contributed by atoms with Crippen LogP contribution < -0.4 is 0 Å². The molecule has 0 aliphatic rings. The number of carbonyl (C=O) groups is 2. The van der Waals surface area contributed by atoms with Crippen molar-refractivity contribution in [3.05, 3.63) is 65.5 Å². The van der Waals surface area contributed by atoms with Crippen LogP contribution in [0.4, 0.5) is 0 Å². The molecular formula is C17H17NO4. The van der Waals surface area contributed by atoms with E-state index in [0.717, 1.165) is 5.56 Å². The highest BCUT2D eigenvalue weighted by molar-refractivity contribution is 5.87. The van der Waals surface area contributed by atoms with Crippen LogP contribution in [0.1, 0.15) is 28.5 Å². The molecule has 0 saturated carbocycles. The highest BCUT2D eigenvalue weighted by atomic mass is 16.5. The van der Waals surface area contributed by atoms with Gasteiger partial charge in [0.1, 0.15) is 12.3 Å². The zero-order valence-electron chi connectivity index (χ0n) is 12.3. The fourth-order valence-electron chi connectivity index (χ4n) is 1.83. The molecule has 114 valence electrons. The number of pyridine rings is 1. The van der Waals surface area contributed by atoms with Crippen molar-refractivity contribution in [2.24, 2.45) is 0 Å². The summed E-state index contributed by atoms with van der Waals surface area (Å²) < 4.78 is 10.0. The Morgan fingerprint density at radius 1 is 1.00 bits per heavy atom. The van der Waals surface area contributed by atoms with Crippen LogP contribution in [0.25, 0.3) is 0 Å². The first-order valence-corrected chi connectivity index (χ1v) is 7.00. The van der Waals surface area contributed by atoms with Gasteiger partial charge >= 0.3 is 11.9 Å². The Morgan fingerprint density at radius 2 is 1.77 bits per heavy atom. The monoisotopic (exact) mass is 299 g/mol. The predicted octanol–water partition coefficient (Wildman–Crippen LogP) is 2.54. The molecule has 1 aromatic carbocycles. The molecule has 0 bridgehead atoms. The fourth-order valence-corrected chi connectivity index (χ4v) is 1.83. The molecule has 5 nitrogen and oxygen atoms in total. The van der Waals surface area contributed by atoms with Gasteiger partial charge in [-0.3, -0.25) is 4.79 Å². The van der Waals surface area contributed by atoms with Gasteiger partial charge in [0.25, 0.3) is 0 Å².